The highest BCUT2D eigenvalue weighted by molar-refractivity contribution is 6.02. The van der Waals surface area contributed by atoms with Crippen LogP contribution in [0.25, 0.3) is 0 Å². The van der Waals surface area contributed by atoms with Crippen LogP contribution in [0.4, 0.5) is 0 Å². The quantitative estimate of drug-likeness (QED) is 0.753. The van der Waals surface area contributed by atoms with Gasteiger partial charge in [-0.15, -0.1) is 0 Å². The Balaban J connectivity index is 2.10. The van der Waals surface area contributed by atoms with Crippen LogP contribution in [0.2, 0.25) is 0 Å². The summed E-state index contributed by atoms with van der Waals surface area (Å²) in [5.41, 5.74) is 0.550. The highest BCUT2D eigenvalue weighted by Crippen LogP contribution is 2.37. The molecule has 0 radical (unpaired) electrons. The van der Waals surface area contributed by atoms with Crippen LogP contribution in [0.5, 0.6) is 0 Å². The van der Waals surface area contributed by atoms with Crippen LogP contribution in [-0.4, -0.2) is 18.5 Å². The number of methoxy groups -OCH3 is 1. The van der Waals surface area contributed by atoms with Gasteiger partial charge in [0.05, 0.1) is 0 Å². The fourth-order valence-electron chi connectivity index (χ4n) is 3.44. The van der Waals surface area contributed by atoms with Gasteiger partial charge in [-0.3, -0.25) is 4.79 Å². The van der Waals surface area contributed by atoms with E-state index in [2.05, 4.69) is 13.0 Å². The van der Waals surface area contributed by atoms with Crippen LogP contribution in [0.15, 0.2) is 11.6 Å². The topological polar surface area (TPSA) is 26.3 Å². The fourth-order valence-corrected chi connectivity index (χ4v) is 3.44. The minimum atomic E-state index is -0.502. The second-order valence-corrected chi connectivity index (χ2v) is 6.39. The van der Waals surface area contributed by atoms with E-state index in [1.54, 1.807) is 7.11 Å². The molecule has 0 atom stereocenters. The van der Waals surface area contributed by atoms with Crippen molar-refractivity contribution < 1.29 is 9.53 Å². The van der Waals surface area contributed by atoms with Crippen molar-refractivity contribution in [1.82, 2.24) is 0 Å². The van der Waals surface area contributed by atoms with Crippen LogP contribution in [0, 0.1) is 5.92 Å². The van der Waals surface area contributed by atoms with Crippen LogP contribution in [0.1, 0.15) is 71.1 Å². The van der Waals surface area contributed by atoms with Crippen molar-refractivity contribution in [1.29, 1.82) is 0 Å². The minimum absolute atomic E-state index is 0.295. The number of rotatable bonds is 3. The van der Waals surface area contributed by atoms with E-state index in [9.17, 15) is 4.79 Å². The molecule has 19 heavy (non-hydrogen) atoms. The van der Waals surface area contributed by atoms with Crippen LogP contribution >= 0.6 is 0 Å². The predicted octanol–water partition coefficient (Wildman–Crippen LogP) is 4.43. The molecular formula is C17H28O2. The predicted molar refractivity (Wildman–Crippen MR) is 78.2 cm³/mol. The second-order valence-electron chi connectivity index (χ2n) is 6.39. The number of hydrogen-bond acceptors (Lipinski definition) is 2. The van der Waals surface area contributed by atoms with E-state index in [0.717, 1.165) is 56.4 Å². The average molecular weight is 264 g/mol. The number of carbonyl (C=O) groups is 1. The molecule has 0 aromatic heterocycles. The van der Waals surface area contributed by atoms with Crippen LogP contribution in [-0.2, 0) is 9.53 Å². The smallest absolute Gasteiger partial charge is 0.190 e. The summed E-state index contributed by atoms with van der Waals surface area (Å²) in [6, 6.07) is 0. The molecular weight excluding hydrogens is 236 g/mol. The monoisotopic (exact) mass is 264 g/mol. The number of Topliss-reactive ketones (excluding diaryl/α,β-unsaturated/α-hetero) is 1. The lowest BCUT2D eigenvalue weighted by atomic mass is 9.74. The minimum Gasteiger partial charge on any atom is -0.370 e. The highest BCUT2D eigenvalue weighted by atomic mass is 16.5. The van der Waals surface area contributed by atoms with Crippen molar-refractivity contribution in [2.24, 2.45) is 5.92 Å². The molecule has 0 aromatic carbocycles. The molecule has 0 amide bonds. The van der Waals surface area contributed by atoms with Crippen LogP contribution in [0.3, 0.4) is 0 Å². The fraction of sp³-hybridized carbons (Fsp3) is 0.824. The van der Waals surface area contributed by atoms with E-state index in [4.69, 9.17) is 4.74 Å². The van der Waals surface area contributed by atoms with E-state index >= 15 is 0 Å². The largest absolute Gasteiger partial charge is 0.370 e. The summed E-state index contributed by atoms with van der Waals surface area (Å²) in [4.78, 5) is 12.9. The SMILES string of the molecule is COC1(C(=O)C2=CCCCCCC2)CCC(C)CC1. The molecule has 2 nitrogen and oxygen atoms in total. The Morgan fingerprint density at radius 1 is 1.21 bits per heavy atom. The highest BCUT2D eigenvalue weighted by Gasteiger charge is 2.42. The standard InChI is InChI=1S/C17H28O2/c1-14-10-12-17(19-2,13-11-14)16(18)15-8-6-4-3-5-7-9-15/h8,14H,3-7,9-13H2,1-2H3. The molecule has 2 aliphatic rings. The van der Waals surface area contributed by atoms with Crippen molar-refractivity contribution in [2.75, 3.05) is 7.11 Å². The van der Waals surface area contributed by atoms with Crippen molar-refractivity contribution in [2.45, 2.75) is 76.7 Å². The van der Waals surface area contributed by atoms with Gasteiger partial charge in [0.15, 0.2) is 5.78 Å². The van der Waals surface area contributed by atoms with Crippen molar-refractivity contribution in [3.05, 3.63) is 11.6 Å². The third-order valence-electron chi connectivity index (χ3n) is 4.97. The third kappa shape index (κ3) is 3.47. The maximum absolute atomic E-state index is 12.9. The Labute approximate surface area is 117 Å². The molecule has 2 aliphatic carbocycles. The molecule has 0 bridgehead atoms. The van der Waals surface area contributed by atoms with Gasteiger partial charge in [-0.25, -0.2) is 0 Å². The lowest BCUT2D eigenvalue weighted by Crippen LogP contribution is -2.44. The van der Waals surface area contributed by atoms with E-state index in [0.29, 0.717) is 5.78 Å². The molecule has 0 unspecified atom stereocenters. The van der Waals surface area contributed by atoms with Gasteiger partial charge in [0.1, 0.15) is 5.60 Å². The van der Waals surface area contributed by atoms with E-state index in [1.165, 1.54) is 19.3 Å². The number of carbonyl (C=O) groups excluding carboxylic acids is 1. The zero-order valence-electron chi connectivity index (χ0n) is 12.5. The maximum Gasteiger partial charge on any atom is 0.190 e. The Morgan fingerprint density at radius 3 is 2.58 bits per heavy atom. The van der Waals surface area contributed by atoms with Crippen molar-refractivity contribution in [3.8, 4) is 0 Å². The molecule has 2 rings (SSSR count). The summed E-state index contributed by atoms with van der Waals surface area (Å²) < 4.78 is 5.72. The first kappa shape index (κ1) is 14.8. The summed E-state index contributed by atoms with van der Waals surface area (Å²) in [7, 11) is 1.72. The lowest BCUT2D eigenvalue weighted by molar-refractivity contribution is -0.142. The van der Waals surface area contributed by atoms with Gasteiger partial charge in [-0.2, -0.15) is 0 Å². The van der Waals surface area contributed by atoms with Gasteiger partial charge in [0.25, 0.3) is 0 Å². The Hall–Kier alpha value is -0.630. The van der Waals surface area contributed by atoms with Gasteiger partial charge in [-0.1, -0.05) is 25.8 Å². The molecule has 0 aliphatic heterocycles. The molecule has 0 spiro atoms. The van der Waals surface area contributed by atoms with Crippen molar-refractivity contribution >= 4 is 5.78 Å². The third-order valence-corrected chi connectivity index (χ3v) is 4.97. The summed E-state index contributed by atoms with van der Waals surface area (Å²) in [5, 5.41) is 0. The maximum atomic E-state index is 12.9. The number of ketones is 1. The number of hydrogen-bond donors (Lipinski definition) is 0. The normalized spacial score (nSPS) is 33.2. The molecule has 0 aromatic rings. The molecule has 0 heterocycles. The van der Waals surface area contributed by atoms with Gasteiger partial charge in [0, 0.05) is 7.11 Å². The van der Waals surface area contributed by atoms with Gasteiger partial charge in [-0.05, 0) is 62.9 Å². The molecule has 2 heteroatoms. The Bertz CT molecular complexity index is 335. The zero-order valence-corrected chi connectivity index (χ0v) is 12.5. The summed E-state index contributed by atoms with van der Waals surface area (Å²) in [6.45, 7) is 2.28. The van der Waals surface area contributed by atoms with E-state index in [1.807, 2.05) is 0 Å². The Morgan fingerprint density at radius 2 is 1.89 bits per heavy atom. The average Bonchev–Trinajstić information content (AvgIpc) is 2.39. The van der Waals surface area contributed by atoms with Crippen molar-refractivity contribution in [3.63, 3.8) is 0 Å². The van der Waals surface area contributed by atoms with E-state index in [-0.39, 0.29) is 0 Å². The molecule has 0 saturated heterocycles. The lowest BCUT2D eigenvalue weighted by Gasteiger charge is -2.37. The second kappa shape index (κ2) is 6.69. The first-order chi connectivity index (χ1) is 9.18. The molecule has 0 N–H and O–H groups in total. The molecule has 1 fully saturated rings. The summed E-state index contributed by atoms with van der Waals surface area (Å²) in [6.07, 6.45) is 13.2. The molecule has 108 valence electrons. The van der Waals surface area contributed by atoms with E-state index < -0.39 is 5.60 Å². The Kier molecular flexibility index (Phi) is 5.20. The number of allylic oxidation sites excluding steroid dienone is 1. The zero-order chi connectivity index (χ0) is 13.7. The van der Waals surface area contributed by atoms with Gasteiger partial charge in [0.2, 0.25) is 0 Å². The van der Waals surface area contributed by atoms with Gasteiger partial charge >= 0.3 is 0 Å². The van der Waals surface area contributed by atoms with Crippen LogP contribution < -0.4 is 0 Å². The molecule has 1 saturated carbocycles. The number of ether oxygens (including phenoxy) is 1. The van der Waals surface area contributed by atoms with Gasteiger partial charge < -0.3 is 4.74 Å². The first-order valence-corrected chi connectivity index (χ1v) is 7.97. The first-order valence-electron chi connectivity index (χ1n) is 7.97. The summed E-state index contributed by atoms with van der Waals surface area (Å²) >= 11 is 0. The summed E-state index contributed by atoms with van der Waals surface area (Å²) in [5.74, 6) is 1.03.